The monoisotopic (exact) mass is 222 g/mol. The number of hydrogen-bond donors (Lipinski definition) is 2. The second-order valence-corrected chi connectivity index (χ2v) is 5.14. The number of rotatable bonds is 4. The molecule has 4 heteroatoms. The van der Waals surface area contributed by atoms with Gasteiger partial charge in [-0.2, -0.15) is 0 Å². The van der Waals surface area contributed by atoms with Crippen LogP contribution in [0.25, 0.3) is 0 Å². The number of aliphatic carboxylic acids is 1. The lowest BCUT2D eigenvalue weighted by atomic mass is 10.1. The van der Waals surface area contributed by atoms with Crippen LogP contribution in [0.3, 0.4) is 0 Å². The lowest BCUT2D eigenvalue weighted by Gasteiger charge is -2.04. The van der Waals surface area contributed by atoms with Gasteiger partial charge in [0.25, 0.3) is 0 Å². The molecule has 2 rings (SSSR count). The van der Waals surface area contributed by atoms with Crippen molar-refractivity contribution in [3.63, 3.8) is 0 Å². The fraction of sp³-hybridized carbons (Fsp3) is 0.667. The average Bonchev–Trinajstić information content (AvgIpc) is 2.89. The zero-order valence-electron chi connectivity index (χ0n) is 10.0. The van der Waals surface area contributed by atoms with Gasteiger partial charge in [-0.3, -0.25) is 4.79 Å². The highest BCUT2D eigenvalue weighted by Gasteiger charge is 2.54. The third-order valence-electron chi connectivity index (χ3n) is 3.20. The topological polar surface area (TPSA) is 66.0 Å². The van der Waals surface area contributed by atoms with Crippen LogP contribution in [0.1, 0.15) is 43.9 Å². The van der Waals surface area contributed by atoms with Crippen LogP contribution in [0.5, 0.6) is 0 Å². The SMILES string of the molecule is Cc1[nH]c(C2(C(=O)O)CC2)nc1CC(C)C. The molecule has 2 N–H and O–H groups in total. The molecule has 88 valence electrons. The van der Waals surface area contributed by atoms with Crippen molar-refractivity contribution in [2.24, 2.45) is 5.92 Å². The second kappa shape index (κ2) is 3.61. The highest BCUT2D eigenvalue weighted by Crippen LogP contribution is 2.47. The van der Waals surface area contributed by atoms with E-state index in [9.17, 15) is 9.90 Å². The van der Waals surface area contributed by atoms with E-state index in [2.05, 4.69) is 23.8 Å². The molecule has 1 aromatic heterocycles. The number of aromatic amines is 1. The molecule has 1 fully saturated rings. The Labute approximate surface area is 95.1 Å². The van der Waals surface area contributed by atoms with E-state index in [1.54, 1.807) is 0 Å². The van der Waals surface area contributed by atoms with E-state index in [4.69, 9.17) is 0 Å². The van der Waals surface area contributed by atoms with E-state index in [0.29, 0.717) is 24.6 Å². The summed E-state index contributed by atoms with van der Waals surface area (Å²) in [6, 6.07) is 0. The molecule has 0 radical (unpaired) electrons. The predicted molar refractivity (Wildman–Crippen MR) is 60.4 cm³/mol. The van der Waals surface area contributed by atoms with E-state index in [1.807, 2.05) is 6.92 Å². The molecule has 0 aliphatic heterocycles. The smallest absolute Gasteiger partial charge is 0.317 e. The van der Waals surface area contributed by atoms with Crippen LogP contribution in [0.15, 0.2) is 0 Å². The molecular weight excluding hydrogens is 204 g/mol. The summed E-state index contributed by atoms with van der Waals surface area (Å²) < 4.78 is 0. The van der Waals surface area contributed by atoms with Crippen molar-refractivity contribution >= 4 is 5.97 Å². The van der Waals surface area contributed by atoms with Crippen LogP contribution in [-0.4, -0.2) is 21.0 Å². The minimum Gasteiger partial charge on any atom is -0.480 e. The molecule has 0 spiro atoms. The Morgan fingerprint density at radius 3 is 2.62 bits per heavy atom. The van der Waals surface area contributed by atoms with Gasteiger partial charge < -0.3 is 10.1 Å². The summed E-state index contributed by atoms with van der Waals surface area (Å²) in [5.74, 6) is 0.431. The van der Waals surface area contributed by atoms with Crippen LogP contribution in [0.2, 0.25) is 0 Å². The van der Waals surface area contributed by atoms with Crippen molar-refractivity contribution in [2.45, 2.75) is 45.4 Å². The van der Waals surface area contributed by atoms with Gasteiger partial charge in [0.2, 0.25) is 0 Å². The van der Waals surface area contributed by atoms with Gasteiger partial charge in [0.15, 0.2) is 0 Å². The van der Waals surface area contributed by atoms with E-state index in [-0.39, 0.29) is 0 Å². The Hall–Kier alpha value is -1.32. The fourth-order valence-electron chi connectivity index (χ4n) is 1.99. The van der Waals surface area contributed by atoms with Crippen LogP contribution >= 0.6 is 0 Å². The Morgan fingerprint density at radius 1 is 1.56 bits per heavy atom. The number of carbonyl (C=O) groups is 1. The maximum Gasteiger partial charge on any atom is 0.317 e. The molecule has 1 heterocycles. The third kappa shape index (κ3) is 1.72. The Balaban J connectivity index is 2.28. The largest absolute Gasteiger partial charge is 0.480 e. The van der Waals surface area contributed by atoms with Crippen molar-refractivity contribution < 1.29 is 9.90 Å². The van der Waals surface area contributed by atoms with Crippen LogP contribution in [0, 0.1) is 12.8 Å². The number of aryl methyl sites for hydroxylation is 1. The first-order valence-corrected chi connectivity index (χ1v) is 5.75. The molecule has 4 nitrogen and oxygen atoms in total. The molecule has 1 saturated carbocycles. The number of imidazole rings is 1. The summed E-state index contributed by atoms with van der Waals surface area (Å²) in [6.45, 7) is 6.24. The van der Waals surface area contributed by atoms with Crippen molar-refractivity contribution in [2.75, 3.05) is 0 Å². The summed E-state index contributed by atoms with van der Waals surface area (Å²) in [7, 11) is 0. The first-order chi connectivity index (χ1) is 7.45. The molecule has 0 saturated heterocycles. The number of hydrogen-bond acceptors (Lipinski definition) is 2. The lowest BCUT2D eigenvalue weighted by molar-refractivity contribution is -0.140. The molecule has 0 atom stereocenters. The number of nitrogens with zero attached hydrogens (tertiary/aromatic N) is 1. The van der Waals surface area contributed by atoms with Crippen molar-refractivity contribution in [1.29, 1.82) is 0 Å². The zero-order chi connectivity index (χ0) is 11.9. The van der Waals surface area contributed by atoms with Crippen LogP contribution in [0.4, 0.5) is 0 Å². The van der Waals surface area contributed by atoms with Gasteiger partial charge in [0.1, 0.15) is 11.2 Å². The summed E-state index contributed by atoms with van der Waals surface area (Å²) in [5, 5.41) is 9.18. The maximum absolute atomic E-state index is 11.2. The zero-order valence-corrected chi connectivity index (χ0v) is 10.0. The Kier molecular flexibility index (Phi) is 2.52. The highest BCUT2D eigenvalue weighted by atomic mass is 16.4. The minimum absolute atomic E-state index is 0.537. The standard InChI is InChI=1S/C12H18N2O2/c1-7(2)6-9-8(3)13-10(14-9)12(4-5-12)11(15)16/h7H,4-6H2,1-3H3,(H,13,14)(H,15,16). The van der Waals surface area contributed by atoms with Crippen LogP contribution in [-0.2, 0) is 16.6 Å². The number of carboxylic acids is 1. The number of carboxylic acid groups (broad SMARTS) is 1. The van der Waals surface area contributed by atoms with Gasteiger partial charge in [0.05, 0.1) is 5.69 Å². The predicted octanol–water partition coefficient (Wildman–Crippen LogP) is 2.03. The quantitative estimate of drug-likeness (QED) is 0.819. The normalized spacial score (nSPS) is 17.8. The molecule has 16 heavy (non-hydrogen) atoms. The van der Waals surface area contributed by atoms with Gasteiger partial charge in [-0.25, -0.2) is 4.98 Å². The van der Waals surface area contributed by atoms with E-state index in [0.717, 1.165) is 17.8 Å². The first kappa shape index (κ1) is 11.2. The lowest BCUT2D eigenvalue weighted by Crippen LogP contribution is -2.21. The van der Waals surface area contributed by atoms with E-state index in [1.165, 1.54) is 0 Å². The number of nitrogens with one attached hydrogen (secondary N) is 1. The van der Waals surface area contributed by atoms with Gasteiger partial charge >= 0.3 is 5.97 Å². The van der Waals surface area contributed by atoms with Gasteiger partial charge in [0, 0.05) is 5.69 Å². The highest BCUT2D eigenvalue weighted by molar-refractivity contribution is 5.83. The maximum atomic E-state index is 11.2. The molecule has 1 aromatic rings. The Morgan fingerprint density at radius 2 is 2.19 bits per heavy atom. The Bertz CT molecular complexity index is 417. The van der Waals surface area contributed by atoms with E-state index < -0.39 is 11.4 Å². The molecular formula is C12H18N2O2. The number of H-pyrrole nitrogens is 1. The second-order valence-electron chi connectivity index (χ2n) is 5.14. The summed E-state index contributed by atoms with van der Waals surface area (Å²) in [6.07, 6.45) is 2.31. The molecule has 0 aromatic carbocycles. The van der Waals surface area contributed by atoms with Crippen molar-refractivity contribution in [3.8, 4) is 0 Å². The van der Waals surface area contributed by atoms with Crippen molar-refractivity contribution in [3.05, 3.63) is 17.2 Å². The van der Waals surface area contributed by atoms with Crippen LogP contribution < -0.4 is 0 Å². The molecule has 0 amide bonds. The van der Waals surface area contributed by atoms with Crippen molar-refractivity contribution in [1.82, 2.24) is 9.97 Å². The van der Waals surface area contributed by atoms with E-state index >= 15 is 0 Å². The molecule has 1 aliphatic carbocycles. The first-order valence-electron chi connectivity index (χ1n) is 5.75. The minimum atomic E-state index is -0.752. The molecule has 0 unspecified atom stereocenters. The summed E-state index contributed by atoms with van der Waals surface area (Å²) in [4.78, 5) is 18.8. The van der Waals surface area contributed by atoms with Gasteiger partial charge in [-0.15, -0.1) is 0 Å². The average molecular weight is 222 g/mol. The summed E-state index contributed by atoms with van der Waals surface area (Å²) in [5.41, 5.74) is 1.31. The molecule has 0 bridgehead atoms. The third-order valence-corrected chi connectivity index (χ3v) is 3.20. The number of aromatic nitrogens is 2. The summed E-state index contributed by atoms with van der Waals surface area (Å²) >= 11 is 0. The molecule has 1 aliphatic rings. The van der Waals surface area contributed by atoms with Gasteiger partial charge in [-0.05, 0) is 32.1 Å². The fourth-order valence-corrected chi connectivity index (χ4v) is 1.99. The van der Waals surface area contributed by atoms with Gasteiger partial charge in [-0.1, -0.05) is 13.8 Å².